The molecule has 5 aromatic carbocycles. The van der Waals surface area contributed by atoms with Crippen molar-refractivity contribution in [3.63, 3.8) is 0 Å². The highest BCUT2D eigenvalue weighted by molar-refractivity contribution is 5.98. The second-order valence-electron chi connectivity index (χ2n) is 16.7. The summed E-state index contributed by atoms with van der Waals surface area (Å²) in [5, 5.41) is 23.4. The number of aromatic carboxylic acids is 1. The van der Waals surface area contributed by atoms with Gasteiger partial charge in [0, 0.05) is 99.9 Å². The predicted molar refractivity (Wildman–Crippen MR) is 249 cm³/mol. The number of carboxylic acid groups (broad SMARTS) is 1. The van der Waals surface area contributed by atoms with E-state index in [1.165, 1.54) is 18.5 Å². The molecule has 0 radical (unpaired) electrons. The van der Waals surface area contributed by atoms with Crippen LogP contribution in [0, 0.1) is 0 Å². The van der Waals surface area contributed by atoms with Gasteiger partial charge in [-0.3, -0.25) is 19.4 Å². The van der Waals surface area contributed by atoms with Crippen molar-refractivity contribution in [2.45, 2.75) is 12.0 Å². The molecule has 2 amide bonds. The number of aromatic nitrogens is 3. The highest BCUT2D eigenvalue weighted by atomic mass is 16.5. The second-order valence-corrected chi connectivity index (χ2v) is 16.7. The maximum atomic E-state index is 13.3. The van der Waals surface area contributed by atoms with Crippen molar-refractivity contribution in [3.8, 4) is 40.4 Å². The minimum absolute atomic E-state index is 0.0186. The number of fused-ring (bicyclic) bond motifs is 3. The molecule has 5 heterocycles. The van der Waals surface area contributed by atoms with Crippen molar-refractivity contribution in [1.29, 1.82) is 0 Å². The first-order valence-corrected chi connectivity index (χ1v) is 22.2. The van der Waals surface area contributed by atoms with Crippen LogP contribution >= 0.6 is 0 Å². The van der Waals surface area contributed by atoms with Crippen LogP contribution in [0.2, 0.25) is 0 Å². The summed E-state index contributed by atoms with van der Waals surface area (Å²) in [7, 11) is 0. The van der Waals surface area contributed by atoms with Crippen LogP contribution in [0.25, 0.3) is 11.0 Å². The summed E-state index contributed by atoms with van der Waals surface area (Å²) in [5.41, 5.74) is 3.84. The molecule has 0 aliphatic carbocycles. The number of aromatic hydroxyl groups is 1. The van der Waals surface area contributed by atoms with Crippen LogP contribution < -0.4 is 19.5 Å². The van der Waals surface area contributed by atoms with Crippen LogP contribution in [-0.2, 0) is 4.79 Å². The molecule has 3 aliphatic rings. The molecule has 67 heavy (non-hydrogen) atoms. The zero-order valence-corrected chi connectivity index (χ0v) is 36.4. The van der Waals surface area contributed by atoms with E-state index in [0.29, 0.717) is 67.2 Å². The van der Waals surface area contributed by atoms with Gasteiger partial charge < -0.3 is 39.2 Å². The van der Waals surface area contributed by atoms with Crippen molar-refractivity contribution < 1.29 is 38.8 Å². The Morgan fingerprint density at radius 2 is 1.45 bits per heavy atom. The van der Waals surface area contributed by atoms with E-state index in [2.05, 4.69) is 29.7 Å². The Balaban J connectivity index is 0.673. The average molecular weight is 898 g/mol. The third kappa shape index (κ3) is 9.28. The van der Waals surface area contributed by atoms with E-state index in [1.807, 2.05) is 102 Å². The van der Waals surface area contributed by atoms with E-state index in [9.17, 15) is 24.6 Å². The fourth-order valence-corrected chi connectivity index (χ4v) is 8.92. The number of benzene rings is 5. The normalized spacial score (nSPS) is 16.2. The number of phenols is 1. The Hall–Kier alpha value is -8.01. The van der Waals surface area contributed by atoms with Gasteiger partial charge in [0.15, 0.2) is 0 Å². The molecular formula is C52H47N7O8. The van der Waals surface area contributed by atoms with Crippen molar-refractivity contribution in [1.82, 2.24) is 34.6 Å². The van der Waals surface area contributed by atoms with E-state index < -0.39 is 11.9 Å². The lowest BCUT2D eigenvalue weighted by Gasteiger charge is -2.40. The van der Waals surface area contributed by atoms with E-state index in [-0.39, 0.29) is 34.7 Å². The largest absolute Gasteiger partial charge is 0.508 e. The number of para-hydroxylation sites is 2. The molecule has 15 heteroatoms. The molecule has 1 atom stereocenters. The molecule has 1 unspecified atom stereocenters. The molecule has 2 fully saturated rings. The number of likely N-dealkylation sites (tertiary alicyclic amines) is 1. The zero-order chi connectivity index (χ0) is 45.9. The summed E-state index contributed by atoms with van der Waals surface area (Å²) in [4.78, 5) is 54.4. The molecule has 338 valence electrons. The smallest absolute Gasteiger partial charge is 0.336 e. The fraction of sp³-hybridized carbons (Fsp3) is 0.212. The lowest BCUT2D eigenvalue weighted by atomic mass is 9.80. The molecule has 10 rings (SSSR count). The van der Waals surface area contributed by atoms with Gasteiger partial charge in [-0.15, -0.1) is 0 Å². The monoisotopic (exact) mass is 897 g/mol. The van der Waals surface area contributed by atoms with Gasteiger partial charge in [-0.25, -0.2) is 9.78 Å². The lowest BCUT2D eigenvalue weighted by Crippen LogP contribution is -2.50. The van der Waals surface area contributed by atoms with Crippen LogP contribution in [0.5, 0.6) is 40.4 Å². The number of hydrogen-bond acceptors (Lipinski definition) is 11. The summed E-state index contributed by atoms with van der Waals surface area (Å²) in [6.07, 6.45) is 7.04. The first-order chi connectivity index (χ1) is 32.7. The Labute approximate surface area is 386 Å². The Morgan fingerprint density at radius 1 is 0.746 bits per heavy atom. The number of piperazine rings is 1. The average Bonchev–Trinajstić information content (AvgIpc) is 3.76. The lowest BCUT2D eigenvalue weighted by molar-refractivity contribution is -0.131. The number of carbonyl (C=O) groups excluding carboxylic acids is 2. The summed E-state index contributed by atoms with van der Waals surface area (Å²) < 4.78 is 20.3. The fourth-order valence-electron chi connectivity index (χ4n) is 8.92. The van der Waals surface area contributed by atoms with E-state index in [4.69, 9.17) is 14.2 Å². The Bertz CT molecular complexity index is 2980. The maximum absolute atomic E-state index is 13.3. The van der Waals surface area contributed by atoms with Gasteiger partial charge in [0.25, 0.3) is 5.91 Å². The number of ether oxygens (including phenoxy) is 3. The first kappa shape index (κ1) is 42.9. The molecular weight excluding hydrogens is 851 g/mol. The molecule has 15 nitrogen and oxygen atoms in total. The topological polar surface area (TPSA) is 172 Å². The number of hydrogen-bond donors (Lipinski definition) is 3. The van der Waals surface area contributed by atoms with Crippen molar-refractivity contribution in [2.75, 3.05) is 58.9 Å². The van der Waals surface area contributed by atoms with Crippen molar-refractivity contribution in [3.05, 3.63) is 174 Å². The quantitative estimate of drug-likeness (QED) is 0.0911. The first-order valence-electron chi connectivity index (χ1n) is 22.2. The standard InChI is InChI=1S/C52H47N7O8/c60-36-13-19-42-46(30-36)67-45-10-5-4-9-41(45)48(42)40-18-12-34(29-43(40)52(63)64)50(62)53-21-24-57-27-25-56(26-28-57)22-6-11-47(61)58-31-35(32-58)59-23-20-44-49(59)51(55-33-54-44)66-39-16-14-38(15-17-39)65-37-7-2-1-3-8-37/h1-20,23,29-30,33,35,48,60H,21-22,24-28,31-32H2,(H,53,62)(H,63,64)/b11-6+. The van der Waals surface area contributed by atoms with Gasteiger partial charge in [-0.2, -0.15) is 4.98 Å². The molecule has 0 spiro atoms. The number of nitrogens with one attached hydrogen (secondary N) is 1. The van der Waals surface area contributed by atoms with Gasteiger partial charge in [-0.1, -0.05) is 54.6 Å². The van der Waals surface area contributed by atoms with Crippen LogP contribution in [0.1, 0.15) is 49.4 Å². The summed E-state index contributed by atoms with van der Waals surface area (Å²) in [5.74, 6) is 1.55. The highest BCUT2D eigenvalue weighted by Crippen LogP contribution is 2.49. The predicted octanol–water partition coefficient (Wildman–Crippen LogP) is 7.69. The van der Waals surface area contributed by atoms with Crippen LogP contribution in [0.4, 0.5) is 0 Å². The van der Waals surface area contributed by atoms with Gasteiger partial charge in [0.1, 0.15) is 46.3 Å². The van der Waals surface area contributed by atoms with Gasteiger partial charge in [-0.05, 0) is 72.3 Å². The highest BCUT2D eigenvalue weighted by Gasteiger charge is 2.34. The van der Waals surface area contributed by atoms with Crippen molar-refractivity contribution >= 4 is 28.8 Å². The molecule has 3 N–H and O–H groups in total. The summed E-state index contributed by atoms with van der Waals surface area (Å²) in [6.45, 7) is 6.07. The summed E-state index contributed by atoms with van der Waals surface area (Å²) in [6, 6.07) is 35.9. The number of nitrogens with zero attached hydrogens (tertiary/aromatic N) is 6. The van der Waals surface area contributed by atoms with E-state index >= 15 is 0 Å². The summed E-state index contributed by atoms with van der Waals surface area (Å²) >= 11 is 0. The number of amides is 2. The Morgan fingerprint density at radius 3 is 2.24 bits per heavy atom. The maximum Gasteiger partial charge on any atom is 0.336 e. The minimum atomic E-state index is -1.15. The van der Waals surface area contributed by atoms with Gasteiger partial charge in [0.2, 0.25) is 11.8 Å². The number of rotatable bonds is 14. The molecule has 0 bridgehead atoms. The van der Waals surface area contributed by atoms with Crippen LogP contribution in [0.3, 0.4) is 0 Å². The zero-order valence-electron chi connectivity index (χ0n) is 36.4. The minimum Gasteiger partial charge on any atom is -0.508 e. The van der Waals surface area contributed by atoms with E-state index in [1.54, 1.807) is 30.3 Å². The molecule has 2 aromatic heterocycles. The molecule has 2 saturated heterocycles. The number of carbonyl (C=O) groups is 3. The molecule has 3 aliphatic heterocycles. The third-order valence-electron chi connectivity index (χ3n) is 12.5. The van der Waals surface area contributed by atoms with Crippen LogP contribution in [-0.4, -0.2) is 116 Å². The van der Waals surface area contributed by atoms with Crippen LogP contribution in [0.15, 0.2) is 146 Å². The number of carboxylic acids is 1. The SMILES string of the molecule is O=C(NCCN1CCN(C/C=C/C(=O)N2CC(n3ccc4ncnc(Oc5ccc(Oc6ccccc6)cc5)c43)C2)CC1)c1ccc(C2c3ccccc3Oc3cc(O)ccc32)c(C(=O)O)c1. The molecule has 0 saturated carbocycles. The molecule has 7 aromatic rings. The number of phenolic OH excluding ortho intramolecular Hbond substituents is 1. The Kier molecular flexibility index (Phi) is 12.1. The van der Waals surface area contributed by atoms with Gasteiger partial charge in [0.05, 0.1) is 17.1 Å². The third-order valence-corrected chi connectivity index (χ3v) is 12.5. The second kappa shape index (κ2) is 18.8. The van der Waals surface area contributed by atoms with Crippen molar-refractivity contribution in [2.24, 2.45) is 0 Å². The van der Waals surface area contributed by atoms with E-state index in [0.717, 1.165) is 54.1 Å². The van der Waals surface area contributed by atoms with Gasteiger partial charge >= 0.3 is 5.97 Å².